The molecule has 5 nitrogen and oxygen atoms in total. The molecule has 21 heavy (non-hydrogen) atoms. The second-order valence-electron chi connectivity index (χ2n) is 5.63. The molecule has 0 aliphatic carbocycles. The van der Waals surface area contributed by atoms with Crippen molar-refractivity contribution in [2.45, 2.75) is 44.2 Å². The smallest absolute Gasteiger partial charge is 0.216 e. The van der Waals surface area contributed by atoms with E-state index in [4.69, 9.17) is 4.74 Å². The van der Waals surface area contributed by atoms with Crippen molar-refractivity contribution in [2.24, 2.45) is 0 Å². The van der Waals surface area contributed by atoms with Gasteiger partial charge in [0.05, 0.1) is 11.9 Å². The summed E-state index contributed by atoms with van der Waals surface area (Å²) in [5.41, 5.74) is 1.90. The Balaban J connectivity index is 1.98. The topological polar surface area (TPSA) is 67.4 Å². The van der Waals surface area contributed by atoms with Crippen molar-refractivity contribution < 1.29 is 13.2 Å². The Hall–Kier alpha value is -0.950. The molecule has 0 bridgehead atoms. The Kier molecular flexibility index (Phi) is 5.75. The zero-order valence-corrected chi connectivity index (χ0v) is 13.4. The summed E-state index contributed by atoms with van der Waals surface area (Å²) in [6, 6.07) is 7.65. The van der Waals surface area contributed by atoms with Crippen LogP contribution < -0.4 is 10.0 Å². The molecule has 118 valence electrons. The Morgan fingerprint density at radius 3 is 2.81 bits per heavy atom. The molecule has 1 fully saturated rings. The van der Waals surface area contributed by atoms with E-state index in [-0.39, 0.29) is 17.9 Å². The molecule has 1 saturated heterocycles. The fourth-order valence-electron chi connectivity index (χ4n) is 2.65. The van der Waals surface area contributed by atoms with Crippen molar-refractivity contribution in [1.29, 1.82) is 0 Å². The Labute approximate surface area is 127 Å². The van der Waals surface area contributed by atoms with Gasteiger partial charge in [-0.3, -0.25) is 0 Å². The van der Waals surface area contributed by atoms with Gasteiger partial charge in [0.25, 0.3) is 0 Å². The van der Waals surface area contributed by atoms with Crippen LogP contribution in [0.15, 0.2) is 24.3 Å². The fourth-order valence-corrected chi connectivity index (χ4v) is 4.08. The third kappa shape index (κ3) is 5.39. The molecule has 1 aliphatic rings. The number of ether oxygens (including phenoxy) is 1. The molecule has 1 aromatic carbocycles. The molecule has 0 radical (unpaired) electrons. The normalized spacial score (nSPS) is 23.1. The zero-order valence-electron chi connectivity index (χ0n) is 12.6. The van der Waals surface area contributed by atoms with E-state index < -0.39 is 10.0 Å². The maximum atomic E-state index is 12.3. The zero-order chi connectivity index (χ0) is 15.3. The Morgan fingerprint density at radius 2 is 2.10 bits per heavy atom. The molecule has 1 aromatic rings. The fraction of sp³-hybridized carbons (Fsp3) is 0.600. The van der Waals surface area contributed by atoms with E-state index in [0.29, 0.717) is 6.61 Å². The van der Waals surface area contributed by atoms with E-state index in [1.165, 1.54) is 0 Å². The second kappa shape index (κ2) is 7.35. The molecule has 1 aliphatic heterocycles. The van der Waals surface area contributed by atoms with Gasteiger partial charge in [0.2, 0.25) is 10.0 Å². The van der Waals surface area contributed by atoms with Crippen molar-refractivity contribution in [3.8, 4) is 0 Å². The van der Waals surface area contributed by atoms with E-state index >= 15 is 0 Å². The van der Waals surface area contributed by atoms with Gasteiger partial charge in [-0.1, -0.05) is 24.3 Å². The molecule has 1 heterocycles. The predicted octanol–water partition coefficient (Wildman–Crippen LogP) is 1.39. The van der Waals surface area contributed by atoms with Crippen molar-refractivity contribution in [3.63, 3.8) is 0 Å². The summed E-state index contributed by atoms with van der Waals surface area (Å²) in [7, 11) is -1.44. The molecule has 2 unspecified atom stereocenters. The molecule has 0 saturated carbocycles. The van der Waals surface area contributed by atoms with E-state index in [9.17, 15) is 8.42 Å². The minimum absolute atomic E-state index is 0.0146. The largest absolute Gasteiger partial charge is 0.378 e. The summed E-state index contributed by atoms with van der Waals surface area (Å²) in [6.45, 7) is 3.33. The van der Waals surface area contributed by atoms with Crippen LogP contribution in [0.4, 0.5) is 0 Å². The molecule has 0 spiro atoms. The van der Waals surface area contributed by atoms with Crippen molar-refractivity contribution in [1.82, 2.24) is 10.0 Å². The van der Waals surface area contributed by atoms with Gasteiger partial charge in [0.15, 0.2) is 0 Å². The lowest BCUT2D eigenvalue weighted by Gasteiger charge is -2.27. The SMILES string of the molecule is CNCc1cccc(CS(=O)(=O)NC2CCOC(C)C2)c1. The lowest BCUT2D eigenvalue weighted by molar-refractivity contribution is 0.0173. The first-order valence-electron chi connectivity index (χ1n) is 7.32. The highest BCUT2D eigenvalue weighted by atomic mass is 32.2. The van der Waals surface area contributed by atoms with Gasteiger partial charge in [-0.05, 0) is 37.9 Å². The van der Waals surface area contributed by atoms with Gasteiger partial charge >= 0.3 is 0 Å². The number of benzene rings is 1. The van der Waals surface area contributed by atoms with Crippen LogP contribution in [0.1, 0.15) is 30.9 Å². The third-order valence-electron chi connectivity index (χ3n) is 3.56. The van der Waals surface area contributed by atoms with Crippen LogP contribution >= 0.6 is 0 Å². The van der Waals surface area contributed by atoms with Gasteiger partial charge in [-0.2, -0.15) is 0 Å². The molecule has 0 amide bonds. The van der Waals surface area contributed by atoms with Gasteiger partial charge in [0.1, 0.15) is 0 Å². The summed E-state index contributed by atoms with van der Waals surface area (Å²) >= 11 is 0. The Morgan fingerprint density at radius 1 is 1.33 bits per heavy atom. The minimum Gasteiger partial charge on any atom is -0.378 e. The molecule has 2 atom stereocenters. The first-order valence-corrected chi connectivity index (χ1v) is 8.98. The van der Waals surface area contributed by atoms with Crippen LogP contribution in [0.2, 0.25) is 0 Å². The molecule has 2 rings (SSSR count). The van der Waals surface area contributed by atoms with Crippen LogP contribution in [0.3, 0.4) is 0 Å². The quantitative estimate of drug-likeness (QED) is 0.833. The minimum atomic E-state index is -3.32. The summed E-state index contributed by atoms with van der Waals surface area (Å²) in [5, 5.41) is 3.07. The third-order valence-corrected chi connectivity index (χ3v) is 4.97. The molecule has 2 N–H and O–H groups in total. The highest BCUT2D eigenvalue weighted by molar-refractivity contribution is 7.88. The maximum Gasteiger partial charge on any atom is 0.216 e. The van der Waals surface area contributed by atoms with E-state index in [2.05, 4.69) is 10.0 Å². The molecule has 0 aromatic heterocycles. The van der Waals surface area contributed by atoms with Crippen molar-refractivity contribution >= 4 is 10.0 Å². The van der Waals surface area contributed by atoms with Crippen LogP contribution in [0, 0.1) is 0 Å². The van der Waals surface area contributed by atoms with E-state index in [1.807, 2.05) is 38.2 Å². The van der Waals surface area contributed by atoms with Crippen LogP contribution in [0.25, 0.3) is 0 Å². The monoisotopic (exact) mass is 312 g/mol. The summed E-state index contributed by atoms with van der Waals surface area (Å²) in [4.78, 5) is 0. The average molecular weight is 312 g/mol. The number of nitrogens with one attached hydrogen (secondary N) is 2. The van der Waals surface area contributed by atoms with Crippen LogP contribution in [-0.4, -0.2) is 34.2 Å². The lowest BCUT2D eigenvalue weighted by atomic mass is 10.1. The average Bonchev–Trinajstić information content (AvgIpc) is 2.38. The standard InChI is InChI=1S/C15H24N2O3S/c1-12-8-15(6-7-20-12)17-21(18,19)11-14-5-3-4-13(9-14)10-16-2/h3-5,9,12,15-17H,6-8,10-11H2,1-2H3. The van der Waals surface area contributed by atoms with Gasteiger partial charge < -0.3 is 10.1 Å². The predicted molar refractivity (Wildman–Crippen MR) is 83.4 cm³/mol. The first-order chi connectivity index (χ1) is 9.98. The first kappa shape index (κ1) is 16.4. The lowest BCUT2D eigenvalue weighted by Crippen LogP contribution is -2.41. The molecule has 6 heteroatoms. The molecular weight excluding hydrogens is 288 g/mol. The highest BCUT2D eigenvalue weighted by Crippen LogP contribution is 2.15. The van der Waals surface area contributed by atoms with E-state index in [1.54, 1.807) is 0 Å². The Bertz CT molecular complexity index is 560. The molecular formula is C15H24N2O3S. The number of hydrogen-bond donors (Lipinski definition) is 2. The summed E-state index contributed by atoms with van der Waals surface area (Å²) in [5.74, 6) is 0.0241. The van der Waals surface area contributed by atoms with Crippen LogP contribution in [-0.2, 0) is 27.1 Å². The maximum absolute atomic E-state index is 12.3. The van der Waals surface area contributed by atoms with Crippen molar-refractivity contribution in [2.75, 3.05) is 13.7 Å². The number of rotatable bonds is 6. The second-order valence-corrected chi connectivity index (χ2v) is 7.38. The van der Waals surface area contributed by atoms with Gasteiger partial charge in [0, 0.05) is 19.2 Å². The van der Waals surface area contributed by atoms with Crippen molar-refractivity contribution in [3.05, 3.63) is 35.4 Å². The number of hydrogen-bond acceptors (Lipinski definition) is 4. The van der Waals surface area contributed by atoms with Crippen LogP contribution in [0.5, 0.6) is 0 Å². The highest BCUT2D eigenvalue weighted by Gasteiger charge is 2.24. The van der Waals surface area contributed by atoms with E-state index in [0.717, 1.165) is 30.5 Å². The number of sulfonamides is 1. The summed E-state index contributed by atoms with van der Waals surface area (Å²) < 4.78 is 32.8. The van der Waals surface area contributed by atoms with Gasteiger partial charge in [-0.25, -0.2) is 13.1 Å². The van der Waals surface area contributed by atoms with Gasteiger partial charge in [-0.15, -0.1) is 0 Å². The summed E-state index contributed by atoms with van der Waals surface area (Å²) in [6.07, 6.45) is 1.59.